The summed E-state index contributed by atoms with van der Waals surface area (Å²) in [6.45, 7) is 3.81. The van der Waals surface area contributed by atoms with Gasteiger partial charge in [0, 0.05) is 23.0 Å². The van der Waals surface area contributed by atoms with Crippen LogP contribution in [0.2, 0.25) is 5.02 Å². The molecule has 0 saturated carbocycles. The molecule has 0 atom stereocenters. The molecule has 0 radical (unpaired) electrons. The molecule has 0 amide bonds. The van der Waals surface area contributed by atoms with Gasteiger partial charge in [0.05, 0.1) is 0 Å². The van der Waals surface area contributed by atoms with Crippen LogP contribution >= 0.6 is 11.6 Å². The predicted octanol–water partition coefficient (Wildman–Crippen LogP) is 4.22. The number of nitrogens with one attached hydrogen (secondary N) is 2. The standard InChI is InChI=1S/C15H14ClN5O/c1-9-3-4-11(16)8-12(9)18-15-17-6-5-13(20-15)19-14-7-10(2)22-21-14/h3-8H,1-2H3,(H2,17,18,19,20,21). The highest BCUT2D eigenvalue weighted by Gasteiger charge is 2.05. The maximum atomic E-state index is 6.01. The molecule has 2 aromatic heterocycles. The molecule has 0 fully saturated rings. The zero-order valence-corrected chi connectivity index (χ0v) is 12.8. The van der Waals surface area contributed by atoms with E-state index in [4.69, 9.17) is 16.1 Å². The first kappa shape index (κ1) is 14.3. The van der Waals surface area contributed by atoms with Crippen LogP contribution in [0.5, 0.6) is 0 Å². The normalized spacial score (nSPS) is 10.5. The molecule has 0 bridgehead atoms. The fourth-order valence-corrected chi connectivity index (χ4v) is 2.07. The third-order valence-electron chi connectivity index (χ3n) is 2.99. The summed E-state index contributed by atoms with van der Waals surface area (Å²) in [5, 5.41) is 10.7. The van der Waals surface area contributed by atoms with Gasteiger partial charge in [0.2, 0.25) is 5.95 Å². The van der Waals surface area contributed by atoms with Crippen LogP contribution in [0.3, 0.4) is 0 Å². The van der Waals surface area contributed by atoms with Crippen molar-refractivity contribution >= 4 is 34.9 Å². The first-order valence-electron chi connectivity index (χ1n) is 6.67. The fourth-order valence-electron chi connectivity index (χ4n) is 1.89. The van der Waals surface area contributed by atoms with Crippen molar-refractivity contribution < 1.29 is 4.52 Å². The Bertz CT molecular complexity index is 802. The van der Waals surface area contributed by atoms with Gasteiger partial charge in [-0.05, 0) is 37.6 Å². The number of aryl methyl sites for hydroxylation is 2. The third kappa shape index (κ3) is 3.35. The van der Waals surface area contributed by atoms with E-state index in [-0.39, 0.29) is 0 Å². The van der Waals surface area contributed by atoms with Crippen LogP contribution in [0.15, 0.2) is 41.1 Å². The molecule has 22 heavy (non-hydrogen) atoms. The highest BCUT2D eigenvalue weighted by molar-refractivity contribution is 6.30. The number of rotatable bonds is 4. The highest BCUT2D eigenvalue weighted by Crippen LogP contribution is 2.23. The van der Waals surface area contributed by atoms with Gasteiger partial charge in [0.1, 0.15) is 11.6 Å². The van der Waals surface area contributed by atoms with Gasteiger partial charge in [-0.1, -0.05) is 22.8 Å². The third-order valence-corrected chi connectivity index (χ3v) is 3.22. The van der Waals surface area contributed by atoms with Crippen LogP contribution in [0.4, 0.5) is 23.3 Å². The lowest BCUT2D eigenvalue weighted by molar-refractivity contribution is 0.400. The second-order valence-corrected chi connectivity index (χ2v) is 5.23. The minimum absolute atomic E-state index is 0.468. The molecule has 112 valence electrons. The van der Waals surface area contributed by atoms with E-state index < -0.39 is 0 Å². The quantitative estimate of drug-likeness (QED) is 0.750. The molecule has 0 aliphatic carbocycles. The molecule has 7 heteroatoms. The van der Waals surface area contributed by atoms with Gasteiger partial charge < -0.3 is 15.2 Å². The summed E-state index contributed by atoms with van der Waals surface area (Å²) in [4.78, 5) is 8.59. The Morgan fingerprint density at radius 2 is 1.91 bits per heavy atom. The van der Waals surface area contributed by atoms with E-state index in [2.05, 4.69) is 25.8 Å². The van der Waals surface area contributed by atoms with E-state index in [0.29, 0.717) is 22.6 Å². The Labute approximate surface area is 132 Å². The van der Waals surface area contributed by atoms with E-state index in [9.17, 15) is 0 Å². The van der Waals surface area contributed by atoms with Gasteiger partial charge in [-0.25, -0.2) is 4.98 Å². The molecule has 3 aromatic rings. The lowest BCUT2D eigenvalue weighted by Gasteiger charge is -2.09. The molecule has 1 aromatic carbocycles. The summed E-state index contributed by atoms with van der Waals surface area (Å²) in [7, 11) is 0. The molecule has 0 unspecified atom stereocenters. The van der Waals surface area contributed by atoms with Crippen molar-refractivity contribution in [1.82, 2.24) is 15.1 Å². The highest BCUT2D eigenvalue weighted by atomic mass is 35.5. The van der Waals surface area contributed by atoms with Gasteiger partial charge in [-0.15, -0.1) is 0 Å². The molecular formula is C15H14ClN5O. The van der Waals surface area contributed by atoms with Gasteiger partial charge in [0.25, 0.3) is 0 Å². The molecule has 0 aliphatic rings. The summed E-state index contributed by atoms with van der Waals surface area (Å²) < 4.78 is 5.01. The van der Waals surface area contributed by atoms with Gasteiger partial charge >= 0.3 is 0 Å². The summed E-state index contributed by atoms with van der Waals surface area (Å²) in [5.41, 5.74) is 1.92. The van der Waals surface area contributed by atoms with Crippen molar-refractivity contribution in [3.05, 3.63) is 52.9 Å². The molecule has 0 saturated heterocycles. The van der Waals surface area contributed by atoms with Gasteiger partial charge in [-0.2, -0.15) is 4.98 Å². The number of hydrogen-bond donors (Lipinski definition) is 2. The fraction of sp³-hybridized carbons (Fsp3) is 0.133. The number of anilines is 4. The maximum absolute atomic E-state index is 6.01. The first-order chi connectivity index (χ1) is 10.6. The van der Waals surface area contributed by atoms with E-state index in [1.54, 1.807) is 18.3 Å². The van der Waals surface area contributed by atoms with Crippen molar-refractivity contribution in [1.29, 1.82) is 0 Å². The smallest absolute Gasteiger partial charge is 0.229 e. The number of halogens is 1. The maximum Gasteiger partial charge on any atom is 0.229 e. The van der Waals surface area contributed by atoms with Gasteiger partial charge in [-0.3, -0.25) is 0 Å². The molecule has 0 spiro atoms. The largest absolute Gasteiger partial charge is 0.360 e. The van der Waals surface area contributed by atoms with Crippen LogP contribution in [0, 0.1) is 13.8 Å². The van der Waals surface area contributed by atoms with Crippen LogP contribution in [-0.2, 0) is 0 Å². The SMILES string of the molecule is Cc1cc(Nc2ccnc(Nc3cc(Cl)ccc3C)n2)no1. The van der Waals surface area contributed by atoms with E-state index in [1.165, 1.54) is 0 Å². The Hall–Kier alpha value is -2.60. The van der Waals surface area contributed by atoms with E-state index in [1.807, 2.05) is 32.0 Å². The molecule has 0 aliphatic heterocycles. The Kier molecular flexibility index (Phi) is 3.93. The predicted molar refractivity (Wildman–Crippen MR) is 86.0 cm³/mol. The van der Waals surface area contributed by atoms with Crippen molar-refractivity contribution in [2.75, 3.05) is 10.6 Å². The van der Waals surface area contributed by atoms with Gasteiger partial charge in [0.15, 0.2) is 5.82 Å². The Morgan fingerprint density at radius 1 is 1.05 bits per heavy atom. The monoisotopic (exact) mass is 315 g/mol. The zero-order chi connectivity index (χ0) is 15.5. The van der Waals surface area contributed by atoms with Crippen molar-refractivity contribution in [2.45, 2.75) is 13.8 Å². The summed E-state index contributed by atoms with van der Waals surface area (Å²) in [6.07, 6.45) is 1.66. The lowest BCUT2D eigenvalue weighted by Crippen LogP contribution is -2.01. The van der Waals surface area contributed by atoms with Crippen LogP contribution in [0.1, 0.15) is 11.3 Å². The molecule has 2 N–H and O–H groups in total. The number of hydrogen-bond acceptors (Lipinski definition) is 6. The number of nitrogens with zero attached hydrogens (tertiary/aromatic N) is 3. The Balaban J connectivity index is 1.80. The first-order valence-corrected chi connectivity index (χ1v) is 7.04. The summed E-state index contributed by atoms with van der Waals surface area (Å²) in [6, 6.07) is 9.15. The van der Waals surface area contributed by atoms with Crippen molar-refractivity contribution in [3.63, 3.8) is 0 Å². The minimum Gasteiger partial charge on any atom is -0.360 e. The summed E-state index contributed by atoms with van der Waals surface area (Å²) in [5.74, 6) is 2.41. The Morgan fingerprint density at radius 3 is 2.68 bits per heavy atom. The molecule has 3 rings (SSSR count). The topological polar surface area (TPSA) is 75.9 Å². The van der Waals surface area contributed by atoms with Crippen LogP contribution in [-0.4, -0.2) is 15.1 Å². The molecular weight excluding hydrogens is 302 g/mol. The van der Waals surface area contributed by atoms with E-state index in [0.717, 1.165) is 17.0 Å². The van der Waals surface area contributed by atoms with Crippen molar-refractivity contribution in [3.8, 4) is 0 Å². The second kappa shape index (κ2) is 6.03. The number of aromatic nitrogens is 3. The number of benzene rings is 1. The molecule has 2 heterocycles. The second-order valence-electron chi connectivity index (χ2n) is 4.80. The van der Waals surface area contributed by atoms with E-state index >= 15 is 0 Å². The summed E-state index contributed by atoms with van der Waals surface area (Å²) >= 11 is 6.01. The average molecular weight is 316 g/mol. The zero-order valence-electron chi connectivity index (χ0n) is 12.1. The minimum atomic E-state index is 0.468. The van der Waals surface area contributed by atoms with Crippen LogP contribution in [0.25, 0.3) is 0 Å². The molecule has 6 nitrogen and oxygen atoms in total. The lowest BCUT2D eigenvalue weighted by atomic mass is 10.2. The van der Waals surface area contributed by atoms with Crippen molar-refractivity contribution in [2.24, 2.45) is 0 Å². The average Bonchev–Trinajstić information content (AvgIpc) is 2.88. The van der Waals surface area contributed by atoms with Crippen LogP contribution < -0.4 is 10.6 Å².